The molecular formula is C18H19N3O5. The molecule has 1 spiro atoms. The largest absolute Gasteiger partial charge is 0.504 e. The van der Waals surface area contributed by atoms with Gasteiger partial charge < -0.3 is 25.0 Å². The summed E-state index contributed by atoms with van der Waals surface area (Å²) < 4.78 is 6.08. The van der Waals surface area contributed by atoms with E-state index >= 15 is 0 Å². The minimum Gasteiger partial charge on any atom is -0.504 e. The lowest BCUT2D eigenvalue weighted by atomic mass is 9.53. The number of amides is 1. The van der Waals surface area contributed by atoms with Gasteiger partial charge in [0, 0.05) is 29.0 Å². The Morgan fingerprint density at radius 2 is 2.23 bits per heavy atom. The number of hydrogen-bond acceptors (Lipinski definition) is 6. The van der Waals surface area contributed by atoms with Gasteiger partial charge in [0.15, 0.2) is 11.5 Å². The maximum atomic E-state index is 10.8. The number of aliphatic hydroxyl groups excluding tert-OH is 1. The van der Waals surface area contributed by atoms with Crippen molar-refractivity contribution in [2.75, 3.05) is 13.6 Å². The van der Waals surface area contributed by atoms with Crippen LogP contribution in [0.25, 0.3) is 0 Å². The molecule has 1 aromatic rings. The first-order chi connectivity index (χ1) is 12.4. The van der Waals surface area contributed by atoms with E-state index in [-0.39, 0.29) is 17.7 Å². The van der Waals surface area contributed by atoms with Crippen molar-refractivity contribution in [1.29, 1.82) is 0 Å². The van der Waals surface area contributed by atoms with E-state index in [0.29, 0.717) is 17.9 Å². The fourth-order valence-electron chi connectivity index (χ4n) is 5.49. The molecule has 1 amide bonds. The summed E-state index contributed by atoms with van der Waals surface area (Å²) in [4.78, 5) is 13.1. The van der Waals surface area contributed by atoms with Gasteiger partial charge in [0.05, 0.1) is 5.69 Å². The second kappa shape index (κ2) is 5.05. The van der Waals surface area contributed by atoms with E-state index in [4.69, 9.17) is 9.84 Å². The number of aliphatic hydroxyl groups is 1. The molecule has 2 aliphatic carbocycles. The van der Waals surface area contributed by atoms with Crippen LogP contribution in [0.2, 0.25) is 0 Å². The van der Waals surface area contributed by atoms with Crippen LogP contribution in [0.3, 0.4) is 0 Å². The fourth-order valence-corrected chi connectivity index (χ4v) is 5.49. The van der Waals surface area contributed by atoms with E-state index in [1.807, 2.05) is 0 Å². The molecule has 0 unspecified atom stereocenters. The number of carboxylic acid groups (broad SMARTS) is 1. The van der Waals surface area contributed by atoms with Crippen molar-refractivity contribution in [3.8, 4) is 11.5 Å². The Balaban J connectivity index is 1.80. The Kier molecular flexibility index (Phi) is 3.06. The number of hydrogen-bond donors (Lipinski definition) is 3. The third-order valence-electron chi connectivity index (χ3n) is 6.50. The number of benzene rings is 1. The number of phenols is 1. The first-order valence-corrected chi connectivity index (χ1v) is 8.70. The molecule has 8 heteroatoms. The van der Waals surface area contributed by atoms with Crippen molar-refractivity contribution < 1.29 is 24.9 Å². The summed E-state index contributed by atoms with van der Waals surface area (Å²) in [6, 6.07) is 1.60. The van der Waals surface area contributed by atoms with Crippen molar-refractivity contribution in [2.45, 2.75) is 36.5 Å². The maximum absolute atomic E-state index is 10.8. The van der Waals surface area contributed by atoms with Crippen LogP contribution in [0.5, 0.6) is 11.5 Å². The van der Waals surface area contributed by atoms with Crippen molar-refractivity contribution in [1.82, 2.24) is 4.90 Å². The summed E-state index contributed by atoms with van der Waals surface area (Å²) in [7, 11) is 2.08. The lowest BCUT2D eigenvalue weighted by molar-refractivity contribution is -0.0452. The number of phenolic OH excluding ortho intramolecular Hbond substituents is 1. The van der Waals surface area contributed by atoms with Crippen LogP contribution >= 0.6 is 0 Å². The molecule has 8 nitrogen and oxygen atoms in total. The zero-order valence-electron chi connectivity index (χ0n) is 14.2. The summed E-state index contributed by atoms with van der Waals surface area (Å²) in [6.07, 6.45) is 2.72. The Labute approximate surface area is 149 Å². The number of ether oxygens (including phenoxy) is 1. The van der Waals surface area contributed by atoms with E-state index < -0.39 is 23.7 Å². The molecule has 0 radical (unpaired) electrons. The number of carbonyl (C=O) groups is 1. The molecule has 136 valence electrons. The molecule has 26 heavy (non-hydrogen) atoms. The number of piperidine rings is 1. The van der Waals surface area contributed by atoms with Crippen molar-refractivity contribution in [3.63, 3.8) is 0 Å². The molecule has 0 aromatic heterocycles. The number of nitrogens with zero attached hydrogens (tertiary/aromatic N) is 3. The predicted octanol–water partition coefficient (Wildman–Crippen LogP) is 1.96. The highest BCUT2D eigenvalue weighted by molar-refractivity contribution is 5.71. The monoisotopic (exact) mass is 357 g/mol. The molecule has 5 rings (SSSR count). The topological polar surface area (TPSA) is 115 Å². The minimum atomic E-state index is -1.38. The molecule has 2 aliphatic heterocycles. The third-order valence-corrected chi connectivity index (χ3v) is 6.50. The number of azo groups is 1. The van der Waals surface area contributed by atoms with Crippen molar-refractivity contribution >= 4 is 11.8 Å². The zero-order chi connectivity index (χ0) is 18.2. The predicted molar refractivity (Wildman–Crippen MR) is 90.1 cm³/mol. The van der Waals surface area contributed by atoms with Crippen LogP contribution in [0, 0.1) is 5.92 Å². The third kappa shape index (κ3) is 1.78. The highest BCUT2D eigenvalue weighted by Crippen LogP contribution is 2.63. The zero-order valence-corrected chi connectivity index (χ0v) is 14.2. The van der Waals surface area contributed by atoms with Gasteiger partial charge >= 0.3 is 6.09 Å². The smallest absolute Gasteiger partial charge is 0.449 e. The van der Waals surface area contributed by atoms with E-state index in [1.165, 1.54) is 6.07 Å². The average Bonchev–Trinajstić information content (AvgIpc) is 2.95. The first-order valence-electron chi connectivity index (χ1n) is 8.70. The summed E-state index contributed by atoms with van der Waals surface area (Å²) in [5.74, 6) is 0.472. The van der Waals surface area contributed by atoms with Crippen LogP contribution in [-0.2, 0) is 11.8 Å². The quantitative estimate of drug-likeness (QED) is 0.523. The molecule has 2 bridgehead atoms. The summed E-state index contributed by atoms with van der Waals surface area (Å²) in [6.45, 7) is 0.863. The lowest BCUT2D eigenvalue weighted by Gasteiger charge is -2.56. The van der Waals surface area contributed by atoms with Gasteiger partial charge in [-0.3, -0.25) is 0 Å². The number of likely N-dealkylation sites (N-methyl/N-ethyl adjacent to an activating group) is 1. The normalized spacial score (nSPS) is 36.8. The minimum absolute atomic E-state index is 0.0878. The standard InChI is InChI=1S/C18H19N3O5/c1-21-5-4-18-9-2-3-12(22)16(18)26-15-13(23)7-10(19-20-17(24)25)8(14(15)18)6-11(9)21/h2-3,7,9,11-12,16,22-23H,4-6H2,1H3,(H,24,25)/b20-19+/t9-,11+,12-,16-,18-/m0/s1. The van der Waals surface area contributed by atoms with Gasteiger partial charge in [-0.25, -0.2) is 4.79 Å². The highest BCUT2D eigenvalue weighted by atomic mass is 16.5. The number of rotatable bonds is 1. The van der Waals surface area contributed by atoms with E-state index in [9.17, 15) is 15.0 Å². The average molecular weight is 357 g/mol. The molecule has 1 fully saturated rings. The number of aromatic hydroxyl groups is 1. The molecule has 0 saturated carbocycles. The lowest BCUT2D eigenvalue weighted by Crippen LogP contribution is -2.64. The molecule has 5 atom stereocenters. The summed E-state index contributed by atoms with van der Waals surface area (Å²) >= 11 is 0. The Hall–Kier alpha value is -2.45. The van der Waals surface area contributed by atoms with Crippen molar-refractivity contribution in [3.05, 3.63) is 29.3 Å². The molecular weight excluding hydrogens is 338 g/mol. The van der Waals surface area contributed by atoms with Gasteiger partial charge in [-0.15, -0.1) is 5.11 Å². The van der Waals surface area contributed by atoms with E-state index in [2.05, 4.69) is 28.3 Å². The molecule has 2 heterocycles. The van der Waals surface area contributed by atoms with Crippen LogP contribution in [0.4, 0.5) is 10.5 Å². The molecule has 1 saturated heterocycles. The molecule has 1 aromatic carbocycles. The van der Waals surface area contributed by atoms with E-state index in [1.54, 1.807) is 6.08 Å². The van der Waals surface area contributed by atoms with E-state index in [0.717, 1.165) is 24.1 Å². The number of likely N-dealkylation sites (tertiary alicyclic amines) is 1. The SMILES string of the molecule is CN1CC[C@]23c4c5c(/N=N/C(=O)O)cc(O)c4O[C@H]2[C@@H](O)C=C[C@H]3[C@H]1C5. The second-order valence-electron chi connectivity index (χ2n) is 7.56. The summed E-state index contributed by atoms with van der Waals surface area (Å²) in [5, 5.41) is 37.0. The van der Waals surface area contributed by atoms with Crippen molar-refractivity contribution in [2.24, 2.45) is 16.1 Å². The second-order valence-corrected chi connectivity index (χ2v) is 7.56. The maximum Gasteiger partial charge on any atom is 0.449 e. The Morgan fingerprint density at radius 3 is 3.00 bits per heavy atom. The van der Waals surface area contributed by atoms with Gasteiger partial charge in [0.25, 0.3) is 0 Å². The molecule has 4 aliphatic rings. The van der Waals surface area contributed by atoms with Gasteiger partial charge in [0.2, 0.25) is 0 Å². The highest BCUT2D eigenvalue weighted by Gasteiger charge is 2.64. The molecule has 3 N–H and O–H groups in total. The fraction of sp³-hybridized carbons (Fsp3) is 0.500. The van der Waals surface area contributed by atoms with Gasteiger partial charge in [-0.2, -0.15) is 0 Å². The van der Waals surface area contributed by atoms with Gasteiger partial charge in [-0.1, -0.05) is 17.3 Å². The Morgan fingerprint density at radius 1 is 1.42 bits per heavy atom. The van der Waals surface area contributed by atoms with Crippen LogP contribution in [0.1, 0.15) is 17.5 Å². The Bertz CT molecular complexity index is 882. The van der Waals surface area contributed by atoms with Crippen LogP contribution in [0.15, 0.2) is 28.4 Å². The van der Waals surface area contributed by atoms with Gasteiger partial charge in [-0.05, 0) is 32.0 Å². The van der Waals surface area contributed by atoms with Gasteiger partial charge in [0.1, 0.15) is 12.2 Å². The van der Waals surface area contributed by atoms with Crippen LogP contribution in [-0.4, -0.2) is 58.2 Å². The first kappa shape index (κ1) is 15.8. The summed E-state index contributed by atoms with van der Waals surface area (Å²) in [5.41, 5.74) is 1.66. The van der Waals surface area contributed by atoms with Crippen LogP contribution < -0.4 is 4.74 Å².